The van der Waals surface area contributed by atoms with Crippen molar-refractivity contribution in [3.8, 4) is 55.6 Å². The maximum absolute atomic E-state index is 2.43. The highest BCUT2D eigenvalue weighted by atomic mass is 15.1. The molecule has 0 aromatic heterocycles. The van der Waals surface area contributed by atoms with Crippen molar-refractivity contribution < 1.29 is 0 Å². The third kappa shape index (κ3) is 5.84. The molecule has 0 unspecified atom stereocenters. The molecule has 10 aromatic rings. The lowest BCUT2D eigenvalue weighted by molar-refractivity contribution is 0.660. The Morgan fingerprint density at radius 1 is 0.270 bits per heavy atom. The number of rotatable bonds is 6. The minimum atomic E-state index is -0.187. The third-order valence-corrected chi connectivity index (χ3v) is 14.3. The Balaban J connectivity index is 0.865. The van der Waals surface area contributed by atoms with E-state index in [1.54, 1.807) is 0 Å². The molecule has 0 bridgehead atoms. The molecule has 0 saturated heterocycles. The van der Waals surface area contributed by atoms with Crippen molar-refractivity contribution in [3.05, 3.63) is 235 Å². The van der Waals surface area contributed by atoms with Crippen LogP contribution in [0.15, 0.2) is 212 Å². The van der Waals surface area contributed by atoms with Gasteiger partial charge < -0.3 is 4.90 Å². The molecule has 1 nitrogen and oxygen atoms in total. The molecule has 0 amide bonds. The van der Waals surface area contributed by atoms with Gasteiger partial charge >= 0.3 is 0 Å². The summed E-state index contributed by atoms with van der Waals surface area (Å²) >= 11 is 0. The van der Waals surface area contributed by atoms with Crippen LogP contribution in [0.25, 0.3) is 77.2 Å². The average Bonchev–Trinajstić information content (AvgIpc) is 3.70. The summed E-state index contributed by atoms with van der Waals surface area (Å²) in [5.41, 5.74) is 21.5. The Morgan fingerprint density at radius 3 is 1.40 bits per heavy atom. The predicted octanol–water partition coefficient (Wildman–Crippen LogP) is 17.1. The lowest BCUT2D eigenvalue weighted by Gasteiger charge is -2.28. The lowest BCUT2D eigenvalue weighted by Crippen LogP contribution is -2.16. The van der Waals surface area contributed by atoms with E-state index in [0.29, 0.717) is 0 Å². The van der Waals surface area contributed by atoms with Crippen LogP contribution >= 0.6 is 0 Å². The summed E-state index contributed by atoms with van der Waals surface area (Å²) in [6.07, 6.45) is 0. The number of fused-ring (bicyclic) bond motifs is 9. The zero-order valence-corrected chi connectivity index (χ0v) is 36.2. The molecule has 0 aliphatic heterocycles. The van der Waals surface area contributed by atoms with Crippen LogP contribution in [0.2, 0.25) is 0 Å². The van der Waals surface area contributed by atoms with Crippen molar-refractivity contribution in [3.63, 3.8) is 0 Å². The van der Waals surface area contributed by atoms with E-state index >= 15 is 0 Å². The van der Waals surface area contributed by atoms with Crippen LogP contribution in [0.1, 0.15) is 49.9 Å². The van der Waals surface area contributed by atoms with Crippen molar-refractivity contribution >= 4 is 38.6 Å². The van der Waals surface area contributed by atoms with Gasteiger partial charge in [0.25, 0.3) is 0 Å². The summed E-state index contributed by atoms with van der Waals surface area (Å²) < 4.78 is 0. The number of para-hydroxylation sites is 1. The van der Waals surface area contributed by atoms with E-state index in [2.05, 4.69) is 245 Å². The molecular weight excluding hydrogens is 759 g/mol. The highest BCUT2D eigenvalue weighted by molar-refractivity contribution is 6.13. The maximum atomic E-state index is 2.43. The number of hydrogen-bond donors (Lipinski definition) is 0. The van der Waals surface area contributed by atoms with Crippen molar-refractivity contribution in [2.75, 3.05) is 4.90 Å². The highest BCUT2D eigenvalue weighted by Gasteiger charge is 2.37. The first-order chi connectivity index (χ1) is 30.7. The number of benzene rings is 10. The first kappa shape index (κ1) is 37.3. The van der Waals surface area contributed by atoms with Crippen LogP contribution in [-0.4, -0.2) is 0 Å². The molecule has 1 heteroatoms. The van der Waals surface area contributed by atoms with Crippen molar-refractivity contribution in [1.29, 1.82) is 0 Å². The molecule has 0 spiro atoms. The monoisotopic (exact) mass is 805 g/mol. The van der Waals surface area contributed by atoms with E-state index in [4.69, 9.17) is 0 Å². The van der Waals surface area contributed by atoms with E-state index in [1.165, 1.54) is 99.4 Å². The fourth-order valence-corrected chi connectivity index (χ4v) is 10.9. The minimum absolute atomic E-state index is 0.0326. The zero-order chi connectivity index (χ0) is 42.5. The Bertz CT molecular complexity index is 3420. The van der Waals surface area contributed by atoms with Crippen molar-refractivity contribution in [2.24, 2.45) is 0 Å². The second-order valence-electron chi connectivity index (χ2n) is 18.5. The average molecular weight is 806 g/mol. The fraction of sp³-hybridized carbons (Fsp3) is 0.0968. The minimum Gasteiger partial charge on any atom is -0.310 e. The largest absolute Gasteiger partial charge is 0.310 e. The van der Waals surface area contributed by atoms with Crippen LogP contribution in [0.5, 0.6) is 0 Å². The standard InChI is InChI=1S/C62H47N/c1-61(2)57-21-13-12-20-52(57)53-33-28-44(37-58(53)61)41-26-30-47(31-27-41)63(46-15-6-5-7-16-46)48-32-35-55-54-34-29-43(38-59(54)62(3,4)60(55)39-48)40-22-24-42(25-23-40)56-36-45-14-8-9-17-49(45)50-18-10-11-19-51(50)56/h5-39H,1-4H3. The summed E-state index contributed by atoms with van der Waals surface area (Å²) in [5.74, 6) is 0. The normalized spacial score (nSPS) is 14.0. The van der Waals surface area contributed by atoms with Crippen LogP contribution in [0.3, 0.4) is 0 Å². The molecule has 0 atom stereocenters. The number of anilines is 3. The van der Waals surface area contributed by atoms with Crippen molar-refractivity contribution in [1.82, 2.24) is 0 Å². The molecule has 0 fully saturated rings. The quantitative estimate of drug-likeness (QED) is 0.151. The SMILES string of the molecule is CC1(C)c2ccccc2-c2ccc(-c3ccc(N(c4ccccc4)c4ccc5c(c4)C(C)(C)c4cc(-c6ccc(-c7cc8ccccc8c8ccccc78)cc6)ccc4-5)cc3)cc21. The Labute approximate surface area is 370 Å². The molecule has 2 aliphatic carbocycles. The van der Waals surface area contributed by atoms with E-state index in [1.807, 2.05) is 0 Å². The van der Waals surface area contributed by atoms with Gasteiger partial charge in [-0.3, -0.25) is 0 Å². The third-order valence-electron chi connectivity index (χ3n) is 14.3. The van der Waals surface area contributed by atoms with E-state index < -0.39 is 0 Å². The molecule has 63 heavy (non-hydrogen) atoms. The number of hydrogen-bond acceptors (Lipinski definition) is 1. The second kappa shape index (κ2) is 14.0. The molecule has 12 rings (SSSR count). The van der Waals surface area contributed by atoms with Crippen LogP contribution in [0.4, 0.5) is 17.1 Å². The van der Waals surface area contributed by atoms with Gasteiger partial charge in [0.05, 0.1) is 0 Å². The van der Waals surface area contributed by atoms with Gasteiger partial charge in [0.15, 0.2) is 0 Å². The summed E-state index contributed by atoms with van der Waals surface area (Å²) in [4.78, 5) is 2.40. The lowest BCUT2D eigenvalue weighted by atomic mass is 9.81. The molecule has 2 aliphatic rings. The molecule has 0 radical (unpaired) electrons. The van der Waals surface area contributed by atoms with Crippen molar-refractivity contribution in [2.45, 2.75) is 38.5 Å². The van der Waals surface area contributed by atoms with Gasteiger partial charge in [-0.15, -0.1) is 0 Å². The Morgan fingerprint density at radius 2 is 0.714 bits per heavy atom. The molecular formula is C62H47N. The van der Waals surface area contributed by atoms with Gasteiger partial charge in [-0.05, 0) is 154 Å². The summed E-state index contributed by atoms with van der Waals surface area (Å²) in [6, 6.07) is 79.0. The number of nitrogens with zero attached hydrogens (tertiary/aromatic N) is 1. The molecule has 0 heterocycles. The first-order valence-corrected chi connectivity index (χ1v) is 22.2. The summed E-state index contributed by atoms with van der Waals surface area (Å²) in [5, 5.41) is 5.15. The highest BCUT2D eigenvalue weighted by Crippen LogP contribution is 2.53. The molecule has 0 N–H and O–H groups in total. The predicted molar refractivity (Wildman–Crippen MR) is 268 cm³/mol. The van der Waals surface area contributed by atoms with Crippen LogP contribution in [0, 0.1) is 0 Å². The van der Waals surface area contributed by atoms with Crippen LogP contribution < -0.4 is 4.90 Å². The summed E-state index contributed by atoms with van der Waals surface area (Å²) in [7, 11) is 0. The molecule has 300 valence electrons. The van der Waals surface area contributed by atoms with E-state index in [0.717, 1.165) is 17.1 Å². The summed E-state index contributed by atoms with van der Waals surface area (Å²) in [6.45, 7) is 9.48. The zero-order valence-electron chi connectivity index (χ0n) is 36.2. The van der Waals surface area contributed by atoms with Gasteiger partial charge in [0.2, 0.25) is 0 Å². The van der Waals surface area contributed by atoms with Gasteiger partial charge in [-0.25, -0.2) is 0 Å². The Hall–Kier alpha value is -7.48. The molecule has 10 aromatic carbocycles. The topological polar surface area (TPSA) is 3.24 Å². The van der Waals surface area contributed by atoms with E-state index in [9.17, 15) is 0 Å². The van der Waals surface area contributed by atoms with Gasteiger partial charge in [-0.2, -0.15) is 0 Å². The van der Waals surface area contributed by atoms with Gasteiger partial charge in [0, 0.05) is 27.9 Å². The second-order valence-corrected chi connectivity index (χ2v) is 18.5. The Kier molecular flexibility index (Phi) is 8.30. The smallest absolute Gasteiger partial charge is 0.0465 e. The van der Waals surface area contributed by atoms with Gasteiger partial charge in [0.1, 0.15) is 0 Å². The first-order valence-electron chi connectivity index (χ1n) is 22.2. The molecule has 0 saturated carbocycles. The van der Waals surface area contributed by atoms with Crippen LogP contribution in [-0.2, 0) is 10.8 Å². The van der Waals surface area contributed by atoms with Gasteiger partial charge in [-0.1, -0.05) is 185 Å². The maximum Gasteiger partial charge on any atom is 0.0465 e. The van der Waals surface area contributed by atoms with E-state index in [-0.39, 0.29) is 10.8 Å². The fourth-order valence-electron chi connectivity index (χ4n) is 10.9.